The number of carbonyl (C=O) groups excluding carboxylic acids is 1. The fraction of sp³-hybridized carbons (Fsp3) is 0.263. The molecule has 0 saturated heterocycles. The second kappa shape index (κ2) is 7.44. The Bertz CT molecular complexity index is 877. The van der Waals surface area contributed by atoms with E-state index in [1.54, 1.807) is 6.07 Å². The second-order valence-electron chi connectivity index (χ2n) is 5.65. The Balaban J connectivity index is 1.88. The molecule has 25 heavy (non-hydrogen) atoms. The maximum Gasteiger partial charge on any atom is 0.327 e. The van der Waals surface area contributed by atoms with Gasteiger partial charge in [0.2, 0.25) is 0 Å². The van der Waals surface area contributed by atoms with Crippen LogP contribution in [0.25, 0.3) is 11.0 Å². The van der Waals surface area contributed by atoms with Gasteiger partial charge in [-0.15, -0.1) is 0 Å². The molecule has 0 amide bonds. The van der Waals surface area contributed by atoms with E-state index in [4.69, 9.17) is 4.74 Å². The topological polar surface area (TPSA) is 56.2 Å². The lowest BCUT2D eigenvalue weighted by molar-refractivity contribution is -0.143. The molecule has 2 aromatic carbocycles. The summed E-state index contributed by atoms with van der Waals surface area (Å²) in [5, 5.41) is 3.20. The van der Waals surface area contributed by atoms with Gasteiger partial charge in [-0.2, -0.15) is 0 Å². The summed E-state index contributed by atoms with van der Waals surface area (Å²) in [5.41, 5.74) is 2.29. The summed E-state index contributed by atoms with van der Waals surface area (Å²) < 4.78 is 20.4. The molecule has 1 N–H and O–H groups in total. The van der Waals surface area contributed by atoms with E-state index in [1.165, 1.54) is 19.2 Å². The number of benzene rings is 2. The minimum absolute atomic E-state index is 0.315. The number of carbonyl (C=O) groups is 1. The predicted molar refractivity (Wildman–Crippen MR) is 93.4 cm³/mol. The fourth-order valence-corrected chi connectivity index (χ4v) is 2.93. The highest BCUT2D eigenvalue weighted by Gasteiger charge is 2.21. The molecule has 3 rings (SSSR count). The summed E-state index contributed by atoms with van der Waals surface area (Å²) in [7, 11) is 1.37. The normalized spacial score (nSPS) is 12.3. The van der Waals surface area contributed by atoms with Crippen molar-refractivity contribution in [1.29, 1.82) is 0 Å². The smallest absolute Gasteiger partial charge is 0.327 e. The Morgan fingerprint density at radius 1 is 1.28 bits per heavy atom. The van der Waals surface area contributed by atoms with Gasteiger partial charge in [-0.25, -0.2) is 14.2 Å². The van der Waals surface area contributed by atoms with Crippen LogP contribution in [0.2, 0.25) is 0 Å². The van der Waals surface area contributed by atoms with Gasteiger partial charge in [-0.1, -0.05) is 30.3 Å². The molecule has 0 aliphatic rings. The molecule has 130 valence electrons. The highest BCUT2D eigenvalue weighted by Crippen LogP contribution is 2.19. The first-order chi connectivity index (χ1) is 12.1. The number of hydrogen-bond acceptors (Lipinski definition) is 4. The lowest BCUT2D eigenvalue weighted by atomic mass is 10.1. The molecular formula is C19H20FN3O2. The van der Waals surface area contributed by atoms with E-state index in [0.29, 0.717) is 18.6 Å². The van der Waals surface area contributed by atoms with Crippen molar-refractivity contribution in [2.24, 2.45) is 0 Å². The lowest BCUT2D eigenvalue weighted by Gasteiger charge is -2.17. The van der Waals surface area contributed by atoms with E-state index < -0.39 is 6.04 Å². The zero-order valence-corrected chi connectivity index (χ0v) is 14.2. The summed E-state index contributed by atoms with van der Waals surface area (Å²) in [5.74, 6) is 0.0637. The average molecular weight is 341 g/mol. The minimum Gasteiger partial charge on any atom is -0.468 e. The van der Waals surface area contributed by atoms with Gasteiger partial charge in [0.25, 0.3) is 0 Å². The first-order valence-electron chi connectivity index (χ1n) is 8.15. The molecule has 0 fully saturated rings. The van der Waals surface area contributed by atoms with Gasteiger partial charge in [0, 0.05) is 12.6 Å². The van der Waals surface area contributed by atoms with E-state index >= 15 is 0 Å². The average Bonchev–Trinajstić information content (AvgIpc) is 2.98. The van der Waals surface area contributed by atoms with Crippen molar-refractivity contribution in [3.05, 3.63) is 65.7 Å². The van der Waals surface area contributed by atoms with E-state index in [-0.39, 0.29) is 11.8 Å². The monoisotopic (exact) mass is 341 g/mol. The predicted octanol–water partition coefficient (Wildman–Crippen LogP) is 3.20. The molecule has 1 aromatic heterocycles. The Kier molecular flexibility index (Phi) is 5.09. The van der Waals surface area contributed by atoms with Crippen LogP contribution in [0.3, 0.4) is 0 Å². The van der Waals surface area contributed by atoms with Gasteiger partial charge in [0.15, 0.2) is 0 Å². The van der Waals surface area contributed by atoms with Crippen LogP contribution in [0.15, 0.2) is 48.5 Å². The fourth-order valence-electron chi connectivity index (χ4n) is 2.93. The number of aryl methyl sites for hydroxylation is 1. The number of nitrogens with zero attached hydrogens (tertiary/aromatic N) is 2. The molecular weight excluding hydrogens is 321 g/mol. The Labute approximate surface area is 145 Å². The van der Waals surface area contributed by atoms with Crippen molar-refractivity contribution in [2.45, 2.75) is 26.1 Å². The van der Waals surface area contributed by atoms with Gasteiger partial charge in [-0.05, 0) is 24.6 Å². The largest absolute Gasteiger partial charge is 0.468 e. The van der Waals surface area contributed by atoms with Gasteiger partial charge in [0.05, 0.1) is 24.7 Å². The molecule has 3 aromatic rings. The summed E-state index contributed by atoms with van der Waals surface area (Å²) in [6.45, 7) is 3.06. The third kappa shape index (κ3) is 3.53. The molecule has 0 saturated carbocycles. The number of hydrogen-bond donors (Lipinski definition) is 1. The van der Waals surface area contributed by atoms with Gasteiger partial charge in [0.1, 0.15) is 17.7 Å². The van der Waals surface area contributed by atoms with Crippen molar-refractivity contribution >= 4 is 17.0 Å². The first-order valence-corrected chi connectivity index (χ1v) is 8.15. The Hall–Kier alpha value is -2.73. The van der Waals surface area contributed by atoms with E-state index in [9.17, 15) is 9.18 Å². The lowest BCUT2D eigenvalue weighted by Crippen LogP contribution is -2.30. The van der Waals surface area contributed by atoms with Crippen molar-refractivity contribution in [2.75, 3.05) is 7.11 Å². The maximum absolute atomic E-state index is 13.4. The van der Waals surface area contributed by atoms with E-state index in [0.717, 1.165) is 16.9 Å². The van der Waals surface area contributed by atoms with Crippen LogP contribution < -0.4 is 5.32 Å². The van der Waals surface area contributed by atoms with E-state index in [1.807, 2.05) is 41.8 Å². The summed E-state index contributed by atoms with van der Waals surface area (Å²) in [4.78, 5) is 16.6. The minimum atomic E-state index is -0.590. The van der Waals surface area contributed by atoms with Crippen LogP contribution in [-0.2, 0) is 22.6 Å². The molecule has 0 unspecified atom stereocenters. The molecule has 0 radical (unpaired) electrons. The Morgan fingerprint density at radius 3 is 2.72 bits per heavy atom. The maximum atomic E-state index is 13.4. The molecule has 5 nitrogen and oxygen atoms in total. The number of ether oxygens (including phenoxy) is 1. The van der Waals surface area contributed by atoms with Gasteiger partial charge < -0.3 is 9.30 Å². The van der Waals surface area contributed by atoms with Crippen LogP contribution in [-0.4, -0.2) is 22.6 Å². The Morgan fingerprint density at radius 2 is 2.04 bits per heavy atom. The third-order valence-corrected chi connectivity index (χ3v) is 4.14. The number of rotatable bonds is 6. The SMILES string of the molecule is CCn1c(CN[C@H](C(=O)OC)c2ccccc2)nc2cc(F)ccc21. The van der Waals surface area contributed by atoms with Crippen LogP contribution in [0.1, 0.15) is 24.4 Å². The number of esters is 1. The van der Waals surface area contributed by atoms with Gasteiger partial charge >= 0.3 is 5.97 Å². The summed E-state index contributed by atoms with van der Waals surface area (Å²) in [6.07, 6.45) is 0. The zero-order valence-electron chi connectivity index (χ0n) is 14.2. The number of methoxy groups -OCH3 is 1. The highest BCUT2D eigenvalue weighted by atomic mass is 19.1. The van der Waals surface area contributed by atoms with Crippen molar-refractivity contribution in [3.63, 3.8) is 0 Å². The number of imidazole rings is 1. The standard InChI is InChI=1S/C19H20FN3O2/c1-3-23-16-10-9-14(20)11-15(16)22-17(23)12-21-18(19(24)25-2)13-7-5-4-6-8-13/h4-11,18,21H,3,12H2,1-2H3/t18-/m0/s1. The second-order valence-corrected chi connectivity index (χ2v) is 5.65. The molecule has 6 heteroatoms. The number of fused-ring (bicyclic) bond motifs is 1. The molecule has 1 heterocycles. The van der Waals surface area contributed by atoms with Crippen molar-refractivity contribution < 1.29 is 13.9 Å². The third-order valence-electron chi connectivity index (χ3n) is 4.14. The van der Waals surface area contributed by atoms with Crippen LogP contribution >= 0.6 is 0 Å². The summed E-state index contributed by atoms with van der Waals surface area (Å²) in [6, 6.07) is 13.3. The van der Waals surface area contributed by atoms with Crippen molar-refractivity contribution in [3.8, 4) is 0 Å². The van der Waals surface area contributed by atoms with Crippen LogP contribution in [0.4, 0.5) is 4.39 Å². The molecule has 1 atom stereocenters. The summed E-state index contributed by atoms with van der Waals surface area (Å²) >= 11 is 0. The molecule has 0 bridgehead atoms. The molecule has 0 aliphatic heterocycles. The molecule has 0 spiro atoms. The number of halogens is 1. The zero-order chi connectivity index (χ0) is 17.8. The van der Waals surface area contributed by atoms with Crippen LogP contribution in [0, 0.1) is 5.82 Å². The van der Waals surface area contributed by atoms with Gasteiger partial charge in [-0.3, -0.25) is 5.32 Å². The number of nitrogens with one attached hydrogen (secondary N) is 1. The molecule has 0 aliphatic carbocycles. The first kappa shape index (κ1) is 17.1. The highest BCUT2D eigenvalue weighted by molar-refractivity contribution is 5.78. The van der Waals surface area contributed by atoms with Crippen LogP contribution in [0.5, 0.6) is 0 Å². The quantitative estimate of drug-likeness (QED) is 0.700. The van der Waals surface area contributed by atoms with E-state index in [2.05, 4.69) is 10.3 Å². The van der Waals surface area contributed by atoms with Crippen molar-refractivity contribution in [1.82, 2.24) is 14.9 Å². The number of aromatic nitrogens is 2.